The smallest absolute Gasteiger partial charge is 0.404 e. The summed E-state index contributed by atoms with van der Waals surface area (Å²) in [5, 5.41) is 24.2. The lowest BCUT2D eigenvalue weighted by Gasteiger charge is -2.47. The van der Waals surface area contributed by atoms with Crippen LogP contribution in [0.1, 0.15) is 33.1 Å². The van der Waals surface area contributed by atoms with Crippen molar-refractivity contribution in [2.24, 2.45) is 11.3 Å². The fourth-order valence-electron chi connectivity index (χ4n) is 3.29. The molecule has 4 N–H and O–H groups in total. The first kappa shape index (κ1) is 17.5. The van der Waals surface area contributed by atoms with E-state index in [1.54, 1.807) is 0 Å². The fraction of sp³-hybridized carbons (Fsp3) is 0.800. The predicted molar refractivity (Wildman–Crippen MR) is 81.7 cm³/mol. The van der Waals surface area contributed by atoms with E-state index in [2.05, 4.69) is 10.6 Å². The molecule has 0 aliphatic carbocycles. The topological polar surface area (TPSA) is 119 Å². The van der Waals surface area contributed by atoms with Crippen molar-refractivity contribution >= 4 is 17.9 Å². The Bertz CT molecular complexity index is 486. The molecule has 3 atom stereocenters. The molecule has 2 rings (SSSR count). The number of nitrogens with zero attached hydrogens (tertiary/aromatic N) is 1. The third kappa shape index (κ3) is 4.34. The highest BCUT2D eigenvalue weighted by molar-refractivity contribution is 5.84. The largest absolute Gasteiger partial charge is 0.465 e. The van der Waals surface area contributed by atoms with E-state index in [1.165, 1.54) is 4.90 Å². The summed E-state index contributed by atoms with van der Waals surface area (Å²) in [7, 11) is 0. The minimum absolute atomic E-state index is 0.0222. The SMILES string of the molecule is CC1(C)CN(C(=O)C(O)C(C[C@@H]2CCCNC2=O)NC(=O)O)C1. The second-order valence-electron chi connectivity index (χ2n) is 7.23. The van der Waals surface area contributed by atoms with Crippen molar-refractivity contribution in [3.63, 3.8) is 0 Å². The Morgan fingerprint density at radius 3 is 2.61 bits per heavy atom. The first-order chi connectivity index (χ1) is 10.7. The van der Waals surface area contributed by atoms with Gasteiger partial charge in [0.15, 0.2) is 6.10 Å². The molecule has 2 aliphatic heterocycles. The number of aliphatic hydroxyl groups is 1. The number of aliphatic hydroxyl groups excluding tert-OH is 1. The van der Waals surface area contributed by atoms with Crippen molar-refractivity contribution in [1.82, 2.24) is 15.5 Å². The molecule has 0 aromatic rings. The van der Waals surface area contributed by atoms with Gasteiger partial charge in [-0.15, -0.1) is 0 Å². The number of piperidine rings is 1. The van der Waals surface area contributed by atoms with Gasteiger partial charge in [-0.05, 0) is 24.7 Å². The molecule has 2 heterocycles. The summed E-state index contributed by atoms with van der Waals surface area (Å²) in [5.74, 6) is -1.03. The lowest BCUT2D eigenvalue weighted by atomic mass is 9.83. The van der Waals surface area contributed by atoms with Gasteiger partial charge in [0.05, 0.1) is 6.04 Å². The van der Waals surface area contributed by atoms with Gasteiger partial charge in [0.2, 0.25) is 5.91 Å². The molecule has 8 heteroatoms. The van der Waals surface area contributed by atoms with Crippen molar-refractivity contribution in [3.8, 4) is 0 Å². The molecule has 0 aromatic heterocycles. The molecule has 0 bridgehead atoms. The maximum Gasteiger partial charge on any atom is 0.404 e. The maximum absolute atomic E-state index is 12.3. The minimum atomic E-state index is -1.48. The zero-order valence-electron chi connectivity index (χ0n) is 13.5. The number of amides is 3. The highest BCUT2D eigenvalue weighted by Crippen LogP contribution is 2.30. The van der Waals surface area contributed by atoms with Crippen molar-refractivity contribution in [1.29, 1.82) is 0 Å². The molecule has 23 heavy (non-hydrogen) atoms. The zero-order chi connectivity index (χ0) is 17.2. The number of carboxylic acid groups (broad SMARTS) is 1. The predicted octanol–water partition coefficient (Wildman–Crippen LogP) is -0.232. The van der Waals surface area contributed by atoms with Gasteiger partial charge in [-0.25, -0.2) is 4.79 Å². The van der Waals surface area contributed by atoms with E-state index in [-0.39, 0.29) is 17.7 Å². The van der Waals surface area contributed by atoms with Crippen LogP contribution in [0, 0.1) is 11.3 Å². The van der Waals surface area contributed by atoms with Crippen LogP contribution in [-0.4, -0.2) is 64.8 Å². The van der Waals surface area contributed by atoms with Crippen LogP contribution in [-0.2, 0) is 9.59 Å². The summed E-state index contributed by atoms with van der Waals surface area (Å²) in [6, 6.07) is -0.988. The number of rotatable bonds is 5. The van der Waals surface area contributed by atoms with E-state index in [4.69, 9.17) is 5.11 Å². The summed E-state index contributed by atoms with van der Waals surface area (Å²) in [6.07, 6.45) is -1.25. The first-order valence-corrected chi connectivity index (χ1v) is 7.94. The van der Waals surface area contributed by atoms with Crippen LogP contribution in [0.5, 0.6) is 0 Å². The van der Waals surface area contributed by atoms with E-state index in [0.717, 1.165) is 6.42 Å². The summed E-state index contributed by atoms with van der Waals surface area (Å²) in [4.78, 5) is 36.6. The molecule has 3 amide bonds. The van der Waals surface area contributed by atoms with Crippen LogP contribution in [0.25, 0.3) is 0 Å². The van der Waals surface area contributed by atoms with E-state index < -0.39 is 30.1 Å². The molecule has 2 fully saturated rings. The third-order valence-electron chi connectivity index (χ3n) is 4.43. The van der Waals surface area contributed by atoms with E-state index in [9.17, 15) is 19.5 Å². The van der Waals surface area contributed by atoms with E-state index in [0.29, 0.717) is 26.1 Å². The Kier molecular flexibility index (Phi) is 5.13. The first-order valence-electron chi connectivity index (χ1n) is 7.94. The van der Waals surface area contributed by atoms with Gasteiger partial charge in [-0.3, -0.25) is 9.59 Å². The van der Waals surface area contributed by atoms with Gasteiger partial charge < -0.3 is 25.7 Å². The van der Waals surface area contributed by atoms with Gasteiger partial charge in [-0.2, -0.15) is 0 Å². The molecule has 130 valence electrons. The molecule has 2 aliphatic rings. The lowest BCUT2D eigenvalue weighted by Crippen LogP contribution is -2.61. The lowest BCUT2D eigenvalue weighted by molar-refractivity contribution is -0.152. The van der Waals surface area contributed by atoms with Crippen LogP contribution in [0.15, 0.2) is 0 Å². The average Bonchev–Trinajstić information content (AvgIpc) is 2.44. The van der Waals surface area contributed by atoms with Gasteiger partial charge in [-0.1, -0.05) is 13.8 Å². The average molecular weight is 327 g/mol. The third-order valence-corrected chi connectivity index (χ3v) is 4.43. The molecular formula is C15H25N3O5. The standard InChI is InChI=1S/C15H25N3O5/c1-15(2)7-18(8-15)13(21)11(19)10(17-14(22)23)6-9-4-3-5-16-12(9)20/h9-11,17,19H,3-8H2,1-2H3,(H,16,20)(H,22,23)/t9-,10?,11?/m0/s1. The number of likely N-dealkylation sites (tertiary alicyclic amines) is 1. The molecule has 0 aromatic carbocycles. The molecule has 0 spiro atoms. The highest BCUT2D eigenvalue weighted by atomic mass is 16.4. The molecule has 2 saturated heterocycles. The number of carbonyl (C=O) groups excluding carboxylic acids is 2. The second-order valence-corrected chi connectivity index (χ2v) is 7.23. The highest BCUT2D eigenvalue weighted by Gasteiger charge is 2.42. The van der Waals surface area contributed by atoms with Crippen molar-refractivity contribution in [2.45, 2.75) is 45.3 Å². The van der Waals surface area contributed by atoms with Gasteiger partial charge in [0.25, 0.3) is 5.91 Å². The van der Waals surface area contributed by atoms with Crippen LogP contribution in [0.4, 0.5) is 4.79 Å². The summed E-state index contributed by atoms with van der Waals surface area (Å²) >= 11 is 0. The Labute approximate surface area is 135 Å². The fourth-order valence-corrected chi connectivity index (χ4v) is 3.29. The van der Waals surface area contributed by atoms with Gasteiger partial charge in [0, 0.05) is 25.6 Å². The van der Waals surface area contributed by atoms with Gasteiger partial charge >= 0.3 is 6.09 Å². The van der Waals surface area contributed by atoms with Crippen LogP contribution in [0.3, 0.4) is 0 Å². The van der Waals surface area contributed by atoms with Crippen molar-refractivity contribution in [2.75, 3.05) is 19.6 Å². The van der Waals surface area contributed by atoms with E-state index >= 15 is 0 Å². The number of hydrogen-bond acceptors (Lipinski definition) is 4. The maximum atomic E-state index is 12.3. The van der Waals surface area contributed by atoms with Crippen molar-refractivity contribution < 1.29 is 24.6 Å². The Hall–Kier alpha value is -1.83. The molecule has 8 nitrogen and oxygen atoms in total. The molecule has 2 unspecified atom stereocenters. The molecular weight excluding hydrogens is 302 g/mol. The molecule has 0 radical (unpaired) electrons. The number of hydrogen-bond donors (Lipinski definition) is 4. The van der Waals surface area contributed by atoms with Crippen molar-refractivity contribution in [3.05, 3.63) is 0 Å². The second kappa shape index (κ2) is 6.74. The van der Waals surface area contributed by atoms with Gasteiger partial charge in [0.1, 0.15) is 0 Å². The normalized spacial score (nSPS) is 25.8. The van der Waals surface area contributed by atoms with E-state index in [1.807, 2.05) is 13.8 Å². The summed E-state index contributed by atoms with van der Waals surface area (Å²) in [5.41, 5.74) is 0.0222. The Morgan fingerprint density at radius 2 is 2.09 bits per heavy atom. The Morgan fingerprint density at radius 1 is 1.43 bits per heavy atom. The minimum Gasteiger partial charge on any atom is -0.465 e. The van der Waals surface area contributed by atoms with Crippen LogP contribution < -0.4 is 10.6 Å². The number of carbonyl (C=O) groups is 3. The monoisotopic (exact) mass is 327 g/mol. The quantitative estimate of drug-likeness (QED) is 0.556. The summed E-state index contributed by atoms with van der Waals surface area (Å²) in [6.45, 7) is 5.71. The summed E-state index contributed by atoms with van der Waals surface area (Å²) < 4.78 is 0. The Balaban J connectivity index is 2.00. The van der Waals surface area contributed by atoms with Crippen LogP contribution >= 0.6 is 0 Å². The van der Waals surface area contributed by atoms with Crippen LogP contribution in [0.2, 0.25) is 0 Å². The number of nitrogens with one attached hydrogen (secondary N) is 2. The molecule has 0 saturated carbocycles. The zero-order valence-corrected chi connectivity index (χ0v) is 13.5.